The van der Waals surface area contributed by atoms with E-state index in [4.69, 9.17) is 24.4 Å². The SMILES string of the molecule is CCOc1ccc(C2C(C#N)=C(N)Oc3cc(OC(=O)c4oc5cc(Br)ccc5c4C)ccc32)cc1. The van der Waals surface area contributed by atoms with E-state index in [2.05, 4.69) is 22.0 Å². The van der Waals surface area contributed by atoms with Crippen LogP contribution in [0.4, 0.5) is 0 Å². The number of aryl methyl sites for hydroxylation is 1. The number of carbonyl (C=O) groups excluding carboxylic acids is 1. The van der Waals surface area contributed by atoms with Crippen LogP contribution in [0.3, 0.4) is 0 Å². The summed E-state index contributed by atoms with van der Waals surface area (Å²) in [6, 6.07) is 20.2. The summed E-state index contributed by atoms with van der Waals surface area (Å²) in [5.74, 6) is 0.472. The first kappa shape index (κ1) is 23.5. The highest BCUT2D eigenvalue weighted by atomic mass is 79.9. The Morgan fingerprint density at radius 1 is 1.11 bits per heavy atom. The van der Waals surface area contributed by atoms with E-state index < -0.39 is 11.9 Å². The third-order valence-corrected chi connectivity index (χ3v) is 6.50. The number of furan rings is 1. The van der Waals surface area contributed by atoms with Crippen molar-refractivity contribution in [1.82, 2.24) is 0 Å². The first-order valence-electron chi connectivity index (χ1n) is 11.2. The van der Waals surface area contributed by atoms with E-state index in [0.717, 1.165) is 26.7 Å². The molecule has 0 amide bonds. The van der Waals surface area contributed by atoms with Gasteiger partial charge in [0.1, 0.15) is 34.5 Å². The fourth-order valence-corrected chi connectivity index (χ4v) is 4.65. The smallest absolute Gasteiger partial charge is 0.379 e. The van der Waals surface area contributed by atoms with Gasteiger partial charge in [0.2, 0.25) is 11.6 Å². The summed E-state index contributed by atoms with van der Waals surface area (Å²) in [5.41, 5.74) is 9.28. The molecule has 2 heterocycles. The summed E-state index contributed by atoms with van der Waals surface area (Å²) in [6.07, 6.45) is 0. The number of halogens is 1. The molecule has 0 bridgehead atoms. The van der Waals surface area contributed by atoms with Crippen molar-refractivity contribution >= 4 is 32.9 Å². The van der Waals surface area contributed by atoms with Crippen LogP contribution in [0.15, 0.2) is 81.0 Å². The molecule has 0 radical (unpaired) electrons. The number of fused-ring (bicyclic) bond motifs is 2. The molecule has 0 saturated carbocycles. The van der Waals surface area contributed by atoms with Gasteiger partial charge < -0.3 is 24.4 Å². The number of nitrogens with two attached hydrogens (primary N) is 1. The molecule has 2 N–H and O–H groups in total. The molecule has 1 aliphatic rings. The van der Waals surface area contributed by atoms with Crippen molar-refractivity contribution in [3.8, 4) is 23.3 Å². The molecule has 1 aliphatic heterocycles. The second-order valence-electron chi connectivity index (χ2n) is 8.21. The minimum atomic E-state index is -0.625. The van der Waals surface area contributed by atoms with Gasteiger partial charge >= 0.3 is 5.97 Å². The summed E-state index contributed by atoms with van der Waals surface area (Å²) in [5, 5.41) is 10.6. The Bertz CT molecular complexity index is 1560. The average Bonchev–Trinajstić information content (AvgIpc) is 3.19. The number of hydrogen-bond acceptors (Lipinski definition) is 7. The zero-order valence-electron chi connectivity index (χ0n) is 19.5. The van der Waals surface area contributed by atoms with Crippen LogP contribution < -0.4 is 19.9 Å². The lowest BCUT2D eigenvalue weighted by Gasteiger charge is -2.26. The monoisotopic (exact) mass is 544 g/mol. The van der Waals surface area contributed by atoms with Crippen molar-refractivity contribution in [1.29, 1.82) is 5.26 Å². The zero-order valence-corrected chi connectivity index (χ0v) is 21.1. The zero-order chi connectivity index (χ0) is 25.4. The van der Waals surface area contributed by atoms with Gasteiger partial charge in [-0.3, -0.25) is 0 Å². The topological polar surface area (TPSA) is 108 Å². The van der Waals surface area contributed by atoms with Gasteiger partial charge in [0.25, 0.3) is 0 Å². The second-order valence-corrected chi connectivity index (χ2v) is 9.13. The van der Waals surface area contributed by atoms with Crippen LogP contribution in [-0.4, -0.2) is 12.6 Å². The number of allylic oxidation sites excluding steroid dienone is 1. The Morgan fingerprint density at radius 2 is 1.86 bits per heavy atom. The van der Waals surface area contributed by atoms with Gasteiger partial charge in [-0.1, -0.05) is 34.1 Å². The molecular formula is C28H21BrN2O5. The van der Waals surface area contributed by atoms with Crippen LogP contribution in [0, 0.1) is 18.3 Å². The van der Waals surface area contributed by atoms with Crippen molar-refractivity contribution in [2.24, 2.45) is 5.73 Å². The molecule has 8 heteroatoms. The van der Waals surface area contributed by atoms with Gasteiger partial charge in [-0.25, -0.2) is 4.79 Å². The fraction of sp³-hybridized carbons (Fsp3) is 0.143. The third kappa shape index (κ3) is 4.18. The predicted octanol–water partition coefficient (Wildman–Crippen LogP) is 6.34. The lowest BCUT2D eigenvalue weighted by molar-refractivity contribution is 0.0702. The van der Waals surface area contributed by atoms with Crippen LogP contribution in [0.2, 0.25) is 0 Å². The van der Waals surface area contributed by atoms with Gasteiger partial charge in [0.15, 0.2) is 0 Å². The lowest BCUT2D eigenvalue weighted by atomic mass is 9.83. The Kier molecular flexibility index (Phi) is 6.17. The molecule has 3 aromatic carbocycles. The Labute approximate surface area is 215 Å². The number of benzene rings is 3. The highest BCUT2D eigenvalue weighted by molar-refractivity contribution is 9.10. The molecule has 180 valence electrons. The second kappa shape index (κ2) is 9.44. The number of esters is 1. The molecule has 0 fully saturated rings. The van der Waals surface area contributed by atoms with Crippen molar-refractivity contribution in [3.05, 3.63) is 99.0 Å². The normalized spacial score (nSPS) is 14.7. The largest absolute Gasteiger partial charge is 0.494 e. The number of carbonyl (C=O) groups is 1. The van der Waals surface area contributed by atoms with Gasteiger partial charge in [0, 0.05) is 27.1 Å². The predicted molar refractivity (Wildman–Crippen MR) is 137 cm³/mol. The van der Waals surface area contributed by atoms with Crippen molar-refractivity contribution in [3.63, 3.8) is 0 Å². The van der Waals surface area contributed by atoms with Crippen molar-refractivity contribution in [2.75, 3.05) is 6.61 Å². The molecule has 0 saturated heterocycles. The number of ether oxygens (including phenoxy) is 3. The van der Waals surface area contributed by atoms with E-state index in [1.165, 1.54) is 0 Å². The van der Waals surface area contributed by atoms with E-state index in [-0.39, 0.29) is 17.4 Å². The molecule has 5 rings (SSSR count). The maximum Gasteiger partial charge on any atom is 0.379 e. The summed E-state index contributed by atoms with van der Waals surface area (Å²) < 4.78 is 23.5. The van der Waals surface area contributed by atoms with Crippen LogP contribution in [0.25, 0.3) is 11.0 Å². The first-order chi connectivity index (χ1) is 17.4. The number of hydrogen-bond donors (Lipinski definition) is 1. The van der Waals surface area contributed by atoms with Gasteiger partial charge in [-0.15, -0.1) is 0 Å². The van der Waals surface area contributed by atoms with E-state index in [1.807, 2.05) is 50.2 Å². The Balaban J connectivity index is 1.46. The standard InChI is InChI=1S/C28H21BrN2O5/c1-3-33-18-7-4-16(5-8-18)25-21-11-9-19(13-24(21)36-27(31)22(25)14-30)34-28(32)26-15(2)20-10-6-17(29)12-23(20)35-26/h4-13,25H,3,31H2,1-2H3. The number of rotatable bonds is 5. The highest BCUT2D eigenvalue weighted by Gasteiger charge is 2.31. The first-order valence-corrected chi connectivity index (χ1v) is 12.0. The number of nitrogens with zero attached hydrogens (tertiary/aromatic N) is 1. The Morgan fingerprint density at radius 3 is 2.58 bits per heavy atom. The van der Waals surface area contributed by atoms with Crippen molar-refractivity contribution in [2.45, 2.75) is 19.8 Å². The summed E-state index contributed by atoms with van der Waals surface area (Å²) in [4.78, 5) is 12.9. The van der Waals surface area contributed by atoms with Crippen LogP contribution >= 0.6 is 15.9 Å². The maximum atomic E-state index is 12.9. The molecule has 7 nitrogen and oxygen atoms in total. The van der Waals surface area contributed by atoms with E-state index in [1.54, 1.807) is 24.3 Å². The maximum absolute atomic E-state index is 12.9. The Hall–Kier alpha value is -4.22. The molecule has 4 aromatic rings. The van der Waals surface area contributed by atoms with E-state index in [9.17, 15) is 10.1 Å². The minimum Gasteiger partial charge on any atom is -0.494 e. The fourth-order valence-electron chi connectivity index (χ4n) is 4.31. The van der Waals surface area contributed by atoms with Crippen LogP contribution in [0.1, 0.15) is 40.1 Å². The number of nitriles is 1. The molecule has 0 aliphatic carbocycles. The molecule has 36 heavy (non-hydrogen) atoms. The van der Waals surface area contributed by atoms with Crippen molar-refractivity contribution < 1.29 is 23.4 Å². The quantitative estimate of drug-likeness (QED) is 0.230. The third-order valence-electron chi connectivity index (χ3n) is 6.01. The molecule has 0 spiro atoms. The van der Waals surface area contributed by atoms with Gasteiger partial charge in [-0.2, -0.15) is 5.26 Å². The van der Waals surface area contributed by atoms with Gasteiger partial charge in [-0.05, 0) is 55.8 Å². The summed E-state index contributed by atoms with van der Waals surface area (Å²) in [6.45, 7) is 4.28. The molecule has 1 aromatic heterocycles. The van der Waals surface area contributed by atoms with Gasteiger partial charge in [0.05, 0.1) is 12.5 Å². The van der Waals surface area contributed by atoms with Crippen LogP contribution in [-0.2, 0) is 0 Å². The van der Waals surface area contributed by atoms with Crippen LogP contribution in [0.5, 0.6) is 17.2 Å². The van der Waals surface area contributed by atoms with E-state index >= 15 is 0 Å². The minimum absolute atomic E-state index is 0.00562. The van der Waals surface area contributed by atoms with E-state index in [0.29, 0.717) is 29.1 Å². The highest BCUT2D eigenvalue weighted by Crippen LogP contribution is 2.43. The average molecular weight is 545 g/mol. The molecule has 1 unspecified atom stereocenters. The summed E-state index contributed by atoms with van der Waals surface area (Å²) >= 11 is 3.41. The molecular weight excluding hydrogens is 524 g/mol. The lowest BCUT2D eigenvalue weighted by Crippen LogP contribution is -2.21. The summed E-state index contributed by atoms with van der Waals surface area (Å²) in [7, 11) is 0. The molecule has 1 atom stereocenters.